The van der Waals surface area contributed by atoms with Gasteiger partial charge >= 0.3 is 6.18 Å². The Bertz CT molecular complexity index is 786. The molecule has 118 valence electrons. The lowest BCUT2D eigenvalue weighted by atomic mass is 10.4. The van der Waals surface area contributed by atoms with Crippen LogP contribution in [0.3, 0.4) is 0 Å². The number of fused-ring (bicyclic) bond motifs is 1. The van der Waals surface area contributed by atoms with Gasteiger partial charge in [-0.05, 0) is 12.1 Å². The van der Waals surface area contributed by atoms with Gasteiger partial charge in [-0.3, -0.25) is 0 Å². The minimum absolute atomic E-state index is 0.0157. The van der Waals surface area contributed by atoms with Crippen molar-refractivity contribution in [1.29, 1.82) is 0 Å². The maximum atomic E-state index is 12.7. The van der Waals surface area contributed by atoms with Gasteiger partial charge in [0.1, 0.15) is 5.82 Å². The maximum Gasteiger partial charge on any atom is 0.451 e. The largest absolute Gasteiger partial charge is 0.451 e. The van der Waals surface area contributed by atoms with E-state index in [-0.39, 0.29) is 30.4 Å². The first-order valence-electron chi connectivity index (χ1n) is 6.34. The Kier molecular flexibility index (Phi) is 3.44. The first-order valence-corrected chi connectivity index (χ1v) is 7.78. The highest BCUT2D eigenvalue weighted by molar-refractivity contribution is 7.89. The molecule has 0 fully saturated rings. The van der Waals surface area contributed by atoms with E-state index in [1.165, 1.54) is 12.1 Å². The third kappa shape index (κ3) is 2.48. The summed E-state index contributed by atoms with van der Waals surface area (Å²) in [7, 11) is -3.76. The fraction of sp³-hybridized carbons (Fsp3) is 0.333. The summed E-state index contributed by atoms with van der Waals surface area (Å²) in [5.41, 5.74) is 0. The Labute approximate surface area is 124 Å². The summed E-state index contributed by atoms with van der Waals surface area (Å²) in [6, 6.07) is 7.73. The SMILES string of the molecule is O=S(=O)(c1ccccc1)N1CCn2c(nnc2C(F)(F)F)C1. The second-order valence-electron chi connectivity index (χ2n) is 4.74. The molecule has 10 heteroatoms. The van der Waals surface area contributed by atoms with E-state index in [4.69, 9.17) is 0 Å². The van der Waals surface area contributed by atoms with Crippen LogP contribution in [0.1, 0.15) is 11.6 Å². The third-order valence-corrected chi connectivity index (χ3v) is 5.21. The van der Waals surface area contributed by atoms with Crippen LogP contribution in [-0.2, 0) is 29.3 Å². The average molecular weight is 332 g/mol. The Hall–Kier alpha value is -1.94. The quantitative estimate of drug-likeness (QED) is 0.836. The summed E-state index contributed by atoms with van der Waals surface area (Å²) in [5.74, 6) is -1.11. The van der Waals surface area contributed by atoms with Crippen LogP contribution in [0.15, 0.2) is 35.2 Å². The smallest absolute Gasteiger partial charge is 0.305 e. The van der Waals surface area contributed by atoms with Crippen LogP contribution in [0.5, 0.6) is 0 Å². The van der Waals surface area contributed by atoms with Gasteiger partial charge in [-0.25, -0.2) is 8.42 Å². The maximum absolute atomic E-state index is 12.7. The number of sulfonamides is 1. The normalized spacial score (nSPS) is 16.5. The van der Waals surface area contributed by atoms with Gasteiger partial charge in [0.05, 0.1) is 11.4 Å². The molecule has 0 radical (unpaired) electrons. The second kappa shape index (κ2) is 5.06. The molecule has 0 bridgehead atoms. The lowest BCUT2D eigenvalue weighted by molar-refractivity contribution is -0.147. The van der Waals surface area contributed by atoms with Crippen molar-refractivity contribution in [3.05, 3.63) is 42.0 Å². The van der Waals surface area contributed by atoms with Crippen molar-refractivity contribution in [2.75, 3.05) is 6.54 Å². The van der Waals surface area contributed by atoms with Crippen molar-refractivity contribution in [2.45, 2.75) is 24.2 Å². The fourth-order valence-corrected chi connectivity index (χ4v) is 3.70. The zero-order valence-electron chi connectivity index (χ0n) is 11.2. The van der Waals surface area contributed by atoms with Gasteiger partial charge in [0, 0.05) is 13.1 Å². The Balaban J connectivity index is 1.91. The molecule has 0 atom stereocenters. The standard InChI is InChI=1S/C12H11F3N4O2S/c13-12(14,15)11-17-16-10-8-18(6-7-19(10)11)22(20,21)9-4-2-1-3-5-9/h1-5H,6-8H2. The van der Waals surface area contributed by atoms with Crippen LogP contribution in [0.4, 0.5) is 13.2 Å². The lowest BCUT2D eigenvalue weighted by Gasteiger charge is -2.27. The highest BCUT2D eigenvalue weighted by atomic mass is 32.2. The molecule has 2 heterocycles. The van der Waals surface area contributed by atoms with Gasteiger partial charge in [0.2, 0.25) is 15.8 Å². The number of hydrogen-bond acceptors (Lipinski definition) is 4. The van der Waals surface area contributed by atoms with E-state index in [9.17, 15) is 21.6 Å². The first kappa shape index (κ1) is 15.0. The molecule has 0 amide bonds. The highest BCUT2D eigenvalue weighted by Gasteiger charge is 2.40. The highest BCUT2D eigenvalue weighted by Crippen LogP contribution is 2.30. The van der Waals surface area contributed by atoms with Crippen LogP contribution < -0.4 is 0 Å². The summed E-state index contributed by atoms with van der Waals surface area (Å²) in [6.45, 7) is -0.436. The molecule has 0 N–H and O–H groups in total. The van der Waals surface area contributed by atoms with Crippen molar-refractivity contribution in [2.24, 2.45) is 0 Å². The van der Waals surface area contributed by atoms with Crippen molar-refractivity contribution in [3.8, 4) is 0 Å². The van der Waals surface area contributed by atoms with E-state index in [1.54, 1.807) is 18.2 Å². The van der Waals surface area contributed by atoms with Gasteiger partial charge < -0.3 is 4.57 Å². The number of benzene rings is 1. The molecular formula is C12H11F3N4O2S. The molecule has 1 aliphatic rings. The minimum atomic E-state index is -4.61. The molecule has 1 aromatic carbocycles. The topological polar surface area (TPSA) is 68.1 Å². The van der Waals surface area contributed by atoms with Crippen molar-refractivity contribution in [3.63, 3.8) is 0 Å². The molecule has 0 aliphatic carbocycles. The van der Waals surface area contributed by atoms with E-state index in [0.717, 1.165) is 8.87 Å². The molecule has 0 saturated heterocycles. The lowest BCUT2D eigenvalue weighted by Crippen LogP contribution is -2.39. The van der Waals surface area contributed by atoms with Crippen LogP contribution in [-0.4, -0.2) is 34.0 Å². The number of rotatable bonds is 2. The fourth-order valence-electron chi connectivity index (χ4n) is 2.29. The summed E-state index contributed by atoms with van der Waals surface area (Å²) in [6.07, 6.45) is -4.61. The van der Waals surface area contributed by atoms with Crippen LogP contribution >= 0.6 is 0 Å². The summed E-state index contributed by atoms with van der Waals surface area (Å²) < 4.78 is 65.2. The average Bonchev–Trinajstić information content (AvgIpc) is 2.91. The monoisotopic (exact) mass is 332 g/mol. The Morgan fingerprint density at radius 2 is 1.73 bits per heavy atom. The molecule has 0 saturated carbocycles. The van der Waals surface area contributed by atoms with Gasteiger partial charge in [-0.15, -0.1) is 10.2 Å². The zero-order valence-corrected chi connectivity index (χ0v) is 12.0. The van der Waals surface area contributed by atoms with Gasteiger partial charge in [-0.2, -0.15) is 17.5 Å². The van der Waals surface area contributed by atoms with Gasteiger partial charge in [0.15, 0.2) is 0 Å². The molecule has 0 unspecified atom stereocenters. The molecule has 6 nitrogen and oxygen atoms in total. The summed E-state index contributed by atoms with van der Waals surface area (Å²) in [4.78, 5) is 0.0963. The number of hydrogen-bond donors (Lipinski definition) is 0. The van der Waals surface area contributed by atoms with Crippen molar-refractivity contribution in [1.82, 2.24) is 19.1 Å². The Morgan fingerprint density at radius 3 is 2.36 bits per heavy atom. The number of aromatic nitrogens is 3. The van der Waals surface area contributed by atoms with Crippen molar-refractivity contribution >= 4 is 10.0 Å². The van der Waals surface area contributed by atoms with Gasteiger partial charge in [-0.1, -0.05) is 18.2 Å². The van der Waals surface area contributed by atoms with E-state index < -0.39 is 22.0 Å². The summed E-state index contributed by atoms with van der Waals surface area (Å²) >= 11 is 0. The molecule has 1 aromatic heterocycles. The van der Waals surface area contributed by atoms with Crippen LogP contribution in [0.25, 0.3) is 0 Å². The van der Waals surface area contributed by atoms with E-state index in [0.29, 0.717) is 0 Å². The van der Waals surface area contributed by atoms with Crippen LogP contribution in [0.2, 0.25) is 0 Å². The van der Waals surface area contributed by atoms with Crippen LogP contribution in [0, 0.1) is 0 Å². The van der Waals surface area contributed by atoms with E-state index in [1.807, 2.05) is 0 Å². The first-order chi connectivity index (χ1) is 10.3. The third-order valence-electron chi connectivity index (χ3n) is 3.35. The number of alkyl halides is 3. The zero-order chi connectivity index (χ0) is 16.0. The molecule has 3 rings (SSSR count). The number of nitrogens with zero attached hydrogens (tertiary/aromatic N) is 4. The van der Waals surface area contributed by atoms with E-state index in [2.05, 4.69) is 10.2 Å². The molecule has 2 aromatic rings. The predicted molar refractivity (Wildman–Crippen MR) is 69.1 cm³/mol. The minimum Gasteiger partial charge on any atom is -0.305 e. The summed E-state index contributed by atoms with van der Waals surface area (Å²) in [5, 5.41) is 6.59. The van der Waals surface area contributed by atoms with Gasteiger partial charge in [0.25, 0.3) is 0 Å². The molecule has 1 aliphatic heterocycles. The van der Waals surface area contributed by atoms with E-state index >= 15 is 0 Å². The molecule has 22 heavy (non-hydrogen) atoms. The number of halogens is 3. The van der Waals surface area contributed by atoms with Crippen molar-refractivity contribution < 1.29 is 21.6 Å². The Morgan fingerprint density at radius 1 is 1.05 bits per heavy atom. The molecule has 0 spiro atoms. The molecular weight excluding hydrogens is 321 g/mol. The predicted octanol–water partition coefficient (Wildman–Crippen LogP) is 1.50. The second-order valence-corrected chi connectivity index (χ2v) is 6.68.